The van der Waals surface area contributed by atoms with Crippen molar-refractivity contribution in [2.75, 3.05) is 13.1 Å². The van der Waals surface area contributed by atoms with E-state index in [1.165, 1.54) is 0 Å². The van der Waals surface area contributed by atoms with Crippen LogP contribution in [0.15, 0.2) is 0 Å². The molecule has 0 radical (unpaired) electrons. The zero-order valence-electron chi connectivity index (χ0n) is 12.2. The van der Waals surface area contributed by atoms with Crippen molar-refractivity contribution in [2.24, 2.45) is 5.92 Å². The molecule has 0 aliphatic carbocycles. The lowest BCUT2D eigenvalue weighted by molar-refractivity contribution is -0.182. The van der Waals surface area contributed by atoms with E-state index in [1.807, 2.05) is 20.8 Å². The van der Waals surface area contributed by atoms with Crippen LogP contribution >= 0.6 is 0 Å². The lowest BCUT2D eigenvalue weighted by Gasteiger charge is -2.30. The van der Waals surface area contributed by atoms with Gasteiger partial charge in [-0.25, -0.2) is 4.79 Å². The fourth-order valence-corrected chi connectivity index (χ4v) is 2.21. The molecule has 1 aliphatic rings. The molecule has 0 saturated carbocycles. The van der Waals surface area contributed by atoms with Crippen LogP contribution in [0.2, 0.25) is 0 Å². The van der Waals surface area contributed by atoms with E-state index in [9.17, 15) is 18.0 Å². The maximum Gasteiger partial charge on any atom is 0.393 e. The first-order valence-electron chi connectivity index (χ1n) is 7.02. The monoisotopic (exact) mass is 295 g/mol. The zero-order chi connectivity index (χ0) is 15.4. The van der Waals surface area contributed by atoms with Crippen LogP contribution in [0.25, 0.3) is 0 Å². The number of carbonyl (C=O) groups is 1. The Hall–Kier alpha value is -0.980. The van der Waals surface area contributed by atoms with Crippen LogP contribution in [-0.4, -0.2) is 36.9 Å². The van der Waals surface area contributed by atoms with Gasteiger partial charge in [-0.05, 0) is 46.2 Å². The highest BCUT2D eigenvalue weighted by Gasteiger charge is 2.45. The van der Waals surface area contributed by atoms with Crippen LogP contribution < -0.4 is 16.0 Å². The van der Waals surface area contributed by atoms with Crippen LogP contribution in [0.3, 0.4) is 0 Å². The average molecular weight is 295 g/mol. The molecule has 1 heterocycles. The molecular formula is C13H24F3N3O. The van der Waals surface area contributed by atoms with E-state index >= 15 is 0 Å². The van der Waals surface area contributed by atoms with Crippen LogP contribution in [0.4, 0.5) is 18.0 Å². The Morgan fingerprint density at radius 2 is 1.85 bits per heavy atom. The molecule has 0 aromatic heterocycles. The van der Waals surface area contributed by atoms with E-state index in [2.05, 4.69) is 16.0 Å². The topological polar surface area (TPSA) is 53.2 Å². The predicted octanol–water partition coefficient (Wildman–Crippen LogP) is 2.40. The molecule has 0 aromatic carbocycles. The number of halogens is 3. The first-order chi connectivity index (χ1) is 9.15. The number of carbonyl (C=O) groups excluding carboxylic acids is 1. The quantitative estimate of drug-likeness (QED) is 0.749. The average Bonchev–Trinajstić information content (AvgIpc) is 2.53. The van der Waals surface area contributed by atoms with Crippen molar-refractivity contribution < 1.29 is 18.0 Å². The smallest absolute Gasteiger partial charge is 0.335 e. The number of amides is 2. The molecule has 1 fully saturated rings. The molecule has 4 nitrogen and oxygen atoms in total. The third kappa shape index (κ3) is 5.19. The number of nitrogens with one attached hydrogen (secondary N) is 3. The van der Waals surface area contributed by atoms with Crippen molar-refractivity contribution in [3.05, 3.63) is 0 Å². The molecule has 3 N–H and O–H groups in total. The molecular weight excluding hydrogens is 271 g/mol. The zero-order valence-corrected chi connectivity index (χ0v) is 12.2. The molecule has 1 aliphatic heterocycles. The van der Waals surface area contributed by atoms with Gasteiger partial charge in [0.05, 0.1) is 5.92 Å². The minimum atomic E-state index is -4.29. The highest BCUT2D eigenvalue weighted by atomic mass is 19.4. The van der Waals surface area contributed by atoms with Gasteiger partial charge in [0.15, 0.2) is 0 Å². The molecule has 0 spiro atoms. The van der Waals surface area contributed by atoms with Crippen molar-refractivity contribution in [1.29, 1.82) is 0 Å². The molecule has 2 unspecified atom stereocenters. The van der Waals surface area contributed by atoms with Gasteiger partial charge in [0.1, 0.15) is 0 Å². The third-order valence-electron chi connectivity index (χ3n) is 3.82. The van der Waals surface area contributed by atoms with Crippen LogP contribution in [0.5, 0.6) is 0 Å². The van der Waals surface area contributed by atoms with E-state index in [-0.39, 0.29) is 12.8 Å². The maximum absolute atomic E-state index is 13.0. The van der Waals surface area contributed by atoms with Crippen LogP contribution in [0.1, 0.15) is 40.0 Å². The number of hydrogen-bond donors (Lipinski definition) is 3. The summed E-state index contributed by atoms with van der Waals surface area (Å²) in [5.41, 5.74) is -0.430. The summed E-state index contributed by atoms with van der Waals surface area (Å²) in [7, 11) is 0. The highest BCUT2D eigenvalue weighted by Crippen LogP contribution is 2.33. The summed E-state index contributed by atoms with van der Waals surface area (Å²) < 4.78 is 39.1. The summed E-state index contributed by atoms with van der Waals surface area (Å²) >= 11 is 0. The van der Waals surface area contributed by atoms with Gasteiger partial charge in [-0.2, -0.15) is 13.2 Å². The summed E-state index contributed by atoms with van der Waals surface area (Å²) in [5.74, 6) is -1.49. The van der Waals surface area contributed by atoms with Gasteiger partial charge in [-0.3, -0.25) is 0 Å². The number of hydrogen-bond acceptors (Lipinski definition) is 2. The van der Waals surface area contributed by atoms with E-state index in [0.29, 0.717) is 19.5 Å². The summed E-state index contributed by atoms with van der Waals surface area (Å²) in [6.07, 6.45) is -3.31. The standard InChI is InChI=1S/C13H24F3N3O/c1-4-12(2,3)19-11(20)18-10-6-8-17-7-5-9(10)13(14,15)16/h9-10,17H,4-8H2,1-3H3,(H2,18,19,20). The summed E-state index contributed by atoms with van der Waals surface area (Å²) in [6.45, 7) is 6.39. The van der Waals surface area contributed by atoms with Crippen molar-refractivity contribution >= 4 is 6.03 Å². The first kappa shape index (κ1) is 17.1. The Labute approximate surface area is 117 Å². The normalized spacial score (nSPS) is 24.9. The van der Waals surface area contributed by atoms with E-state index in [0.717, 1.165) is 0 Å². The van der Waals surface area contributed by atoms with Gasteiger partial charge in [-0.1, -0.05) is 6.92 Å². The van der Waals surface area contributed by atoms with Crippen molar-refractivity contribution in [1.82, 2.24) is 16.0 Å². The number of urea groups is 1. The number of rotatable bonds is 3. The second kappa shape index (κ2) is 6.65. The van der Waals surface area contributed by atoms with E-state index in [4.69, 9.17) is 0 Å². The second-order valence-electron chi connectivity index (χ2n) is 5.92. The maximum atomic E-state index is 13.0. The fourth-order valence-electron chi connectivity index (χ4n) is 2.21. The molecule has 20 heavy (non-hydrogen) atoms. The van der Waals surface area contributed by atoms with Gasteiger partial charge < -0.3 is 16.0 Å². The first-order valence-corrected chi connectivity index (χ1v) is 7.02. The summed E-state index contributed by atoms with van der Waals surface area (Å²) in [6, 6.07) is -1.41. The summed E-state index contributed by atoms with van der Waals surface area (Å²) in [4.78, 5) is 11.9. The van der Waals surface area contributed by atoms with Crippen molar-refractivity contribution in [3.8, 4) is 0 Å². The van der Waals surface area contributed by atoms with Gasteiger partial charge >= 0.3 is 12.2 Å². The Morgan fingerprint density at radius 1 is 1.25 bits per heavy atom. The Kier molecular flexibility index (Phi) is 5.68. The molecule has 2 amide bonds. The Morgan fingerprint density at radius 3 is 2.40 bits per heavy atom. The molecule has 1 saturated heterocycles. The molecule has 0 bridgehead atoms. The highest BCUT2D eigenvalue weighted by molar-refractivity contribution is 5.75. The van der Waals surface area contributed by atoms with Gasteiger partial charge in [0.25, 0.3) is 0 Å². The predicted molar refractivity (Wildman–Crippen MR) is 71.5 cm³/mol. The Bertz CT molecular complexity index is 331. The molecule has 118 valence electrons. The van der Waals surface area contributed by atoms with E-state index in [1.54, 1.807) is 0 Å². The lowest BCUT2D eigenvalue weighted by atomic mass is 9.94. The van der Waals surface area contributed by atoms with Crippen molar-refractivity contribution in [3.63, 3.8) is 0 Å². The third-order valence-corrected chi connectivity index (χ3v) is 3.82. The molecule has 7 heteroatoms. The van der Waals surface area contributed by atoms with E-state index < -0.39 is 29.7 Å². The summed E-state index contributed by atoms with van der Waals surface area (Å²) in [5, 5.41) is 8.14. The number of alkyl halides is 3. The van der Waals surface area contributed by atoms with Crippen molar-refractivity contribution in [2.45, 2.75) is 57.8 Å². The minimum Gasteiger partial charge on any atom is -0.335 e. The lowest BCUT2D eigenvalue weighted by Crippen LogP contribution is -2.54. The van der Waals surface area contributed by atoms with Gasteiger partial charge in [-0.15, -0.1) is 0 Å². The largest absolute Gasteiger partial charge is 0.393 e. The van der Waals surface area contributed by atoms with Crippen LogP contribution in [-0.2, 0) is 0 Å². The van der Waals surface area contributed by atoms with Gasteiger partial charge in [0, 0.05) is 11.6 Å². The fraction of sp³-hybridized carbons (Fsp3) is 0.923. The van der Waals surface area contributed by atoms with Gasteiger partial charge in [0.2, 0.25) is 0 Å². The second-order valence-corrected chi connectivity index (χ2v) is 5.92. The molecule has 2 atom stereocenters. The van der Waals surface area contributed by atoms with Crippen LogP contribution in [0, 0.1) is 5.92 Å². The molecule has 1 rings (SSSR count). The molecule has 0 aromatic rings. The Balaban J connectivity index is 2.68. The SMILES string of the molecule is CCC(C)(C)NC(=O)NC1CCNCCC1C(F)(F)F. The minimum absolute atomic E-state index is 0.00832.